The number of rotatable bonds is 0. The summed E-state index contributed by atoms with van der Waals surface area (Å²) < 4.78 is 37.5. The quantitative estimate of drug-likeness (QED) is 0.480. The second-order valence-corrected chi connectivity index (χ2v) is 5.05. The van der Waals surface area contributed by atoms with Crippen LogP contribution in [0, 0.1) is 24.9 Å². The smallest absolute Gasteiger partial charge is 0.508 e. The third kappa shape index (κ3) is 11.8. The molecule has 2 aromatic rings. The van der Waals surface area contributed by atoms with Crippen molar-refractivity contribution in [1.82, 2.24) is 0 Å². The normalized spacial score (nSPS) is 8.24. The van der Waals surface area contributed by atoms with Crippen molar-refractivity contribution in [3.05, 3.63) is 70.2 Å². The van der Waals surface area contributed by atoms with Crippen molar-refractivity contribution in [2.24, 2.45) is 0 Å². The Balaban J connectivity index is -0.000000270. The van der Waals surface area contributed by atoms with E-state index < -0.39 is 17.5 Å². The number of halogens is 5. The summed E-state index contributed by atoms with van der Waals surface area (Å²) in [5, 5.41) is 8.72. The van der Waals surface area contributed by atoms with E-state index in [0.29, 0.717) is 8.95 Å². The molecule has 1 nitrogen and oxygen atoms in total. The molecule has 7 heteroatoms. The van der Waals surface area contributed by atoms with Gasteiger partial charge in [-0.1, -0.05) is 39.3 Å². The number of aromatic hydroxyl groups is 1. The average Bonchev–Trinajstić information content (AvgIpc) is 2.12. The molecule has 0 spiro atoms. The maximum Gasteiger partial charge on any atom is 1.00 e. The molecular weight excluding hydrogens is 440 g/mol. The summed E-state index contributed by atoms with van der Waals surface area (Å²) >= 11 is 5.95. The Kier molecular flexibility index (Phi) is 16.5. The molecule has 0 saturated heterocycles. The van der Waals surface area contributed by atoms with Crippen molar-refractivity contribution in [2.45, 2.75) is 7.43 Å². The molecule has 0 aliphatic rings. The van der Waals surface area contributed by atoms with Crippen LogP contribution in [-0.2, 0) is 0 Å². The van der Waals surface area contributed by atoms with Gasteiger partial charge in [0.2, 0.25) is 0 Å². The molecule has 0 bridgehead atoms. The summed E-state index contributed by atoms with van der Waals surface area (Å²) in [6.07, 6.45) is 0. The summed E-state index contributed by atoms with van der Waals surface area (Å²) in [4.78, 5) is 0. The SMILES string of the molecule is C.Fc1cc(F)cc(Br)c1.Oc1cc(F)cc(Br)c1.[CH3-].[K+]. The van der Waals surface area contributed by atoms with Crippen molar-refractivity contribution >= 4 is 31.9 Å². The van der Waals surface area contributed by atoms with Crippen LogP contribution < -0.4 is 51.4 Å². The Labute approximate surface area is 182 Å². The van der Waals surface area contributed by atoms with E-state index in [2.05, 4.69) is 31.9 Å². The van der Waals surface area contributed by atoms with Crippen LogP contribution in [0.25, 0.3) is 0 Å². The first-order chi connectivity index (χ1) is 8.36. The van der Waals surface area contributed by atoms with Gasteiger partial charge in [-0.2, -0.15) is 0 Å². The molecule has 0 saturated carbocycles. The Hall–Kier alpha value is 0.626. The number of benzene rings is 2. The third-order valence-electron chi connectivity index (χ3n) is 1.67. The number of phenols is 1. The fourth-order valence-electron chi connectivity index (χ4n) is 1.06. The minimum atomic E-state index is -0.568. The second-order valence-electron chi connectivity index (χ2n) is 3.22. The van der Waals surface area contributed by atoms with E-state index in [1.54, 1.807) is 0 Å². The molecule has 0 amide bonds. The summed E-state index contributed by atoms with van der Waals surface area (Å²) in [5.74, 6) is -1.65. The molecule has 0 aliphatic carbocycles. The van der Waals surface area contributed by atoms with Gasteiger partial charge in [0, 0.05) is 21.1 Å². The second kappa shape index (κ2) is 13.1. The number of phenolic OH excluding ortho intramolecular Hbond substituents is 1. The van der Waals surface area contributed by atoms with E-state index in [0.717, 1.165) is 12.1 Å². The minimum Gasteiger partial charge on any atom is -0.508 e. The van der Waals surface area contributed by atoms with Crippen molar-refractivity contribution in [3.8, 4) is 5.75 Å². The Morgan fingerprint density at radius 2 is 1.05 bits per heavy atom. The summed E-state index contributed by atoms with van der Waals surface area (Å²) in [6, 6.07) is 6.96. The van der Waals surface area contributed by atoms with E-state index in [4.69, 9.17) is 5.11 Å². The zero-order valence-corrected chi connectivity index (χ0v) is 17.1. The van der Waals surface area contributed by atoms with Gasteiger partial charge >= 0.3 is 51.4 Å². The van der Waals surface area contributed by atoms with E-state index in [1.807, 2.05) is 0 Å². The Morgan fingerprint density at radius 3 is 1.33 bits per heavy atom. The van der Waals surface area contributed by atoms with Crippen molar-refractivity contribution in [1.29, 1.82) is 0 Å². The fourth-order valence-corrected chi connectivity index (χ4v) is 1.95. The van der Waals surface area contributed by atoms with Gasteiger partial charge in [-0.05, 0) is 24.3 Å². The Morgan fingerprint density at radius 1 is 0.714 bits per heavy atom. The van der Waals surface area contributed by atoms with Crippen LogP contribution in [0.3, 0.4) is 0 Å². The monoisotopic (exact) mass is 452 g/mol. The molecule has 0 atom stereocenters. The standard InChI is InChI=1S/C6H3BrF2.C6H4BrFO.CH4.CH3.K/c2*7-4-1-5(8)3-6(9)2-4;;;/h1-3H;1-3,9H;1H4;1H3;/q;;;-1;+1. The van der Waals surface area contributed by atoms with Gasteiger partial charge in [0.1, 0.15) is 23.2 Å². The van der Waals surface area contributed by atoms with Gasteiger partial charge in [0.25, 0.3) is 0 Å². The summed E-state index contributed by atoms with van der Waals surface area (Å²) in [7, 11) is 0. The average molecular weight is 454 g/mol. The van der Waals surface area contributed by atoms with E-state index in [9.17, 15) is 13.2 Å². The minimum absolute atomic E-state index is 0. The first-order valence-corrected chi connectivity index (χ1v) is 6.22. The molecular formula is C14H14Br2F3KO. The maximum atomic E-state index is 12.2. The molecule has 0 fully saturated rings. The predicted octanol–water partition coefficient (Wildman–Crippen LogP) is 3.11. The molecule has 21 heavy (non-hydrogen) atoms. The van der Waals surface area contributed by atoms with Crippen molar-refractivity contribution < 1.29 is 69.7 Å². The number of hydrogen-bond donors (Lipinski definition) is 1. The zero-order chi connectivity index (χ0) is 13.7. The van der Waals surface area contributed by atoms with Crippen LogP contribution >= 0.6 is 31.9 Å². The molecule has 2 aromatic carbocycles. The molecule has 0 aromatic heterocycles. The van der Waals surface area contributed by atoms with Crippen molar-refractivity contribution in [2.75, 3.05) is 0 Å². The molecule has 1 N–H and O–H groups in total. The largest absolute Gasteiger partial charge is 1.00 e. The molecule has 2 rings (SSSR count). The van der Waals surface area contributed by atoms with Gasteiger partial charge in [-0.15, -0.1) is 0 Å². The van der Waals surface area contributed by atoms with Gasteiger partial charge in [-0.25, -0.2) is 13.2 Å². The first-order valence-electron chi connectivity index (χ1n) is 4.63. The van der Waals surface area contributed by atoms with Crippen molar-refractivity contribution in [3.63, 3.8) is 0 Å². The molecule has 112 valence electrons. The van der Waals surface area contributed by atoms with Crippen LogP contribution in [0.4, 0.5) is 13.2 Å². The maximum absolute atomic E-state index is 12.2. The summed E-state index contributed by atoms with van der Waals surface area (Å²) in [5.41, 5.74) is 0. The van der Waals surface area contributed by atoms with Crippen LogP contribution in [0.5, 0.6) is 5.75 Å². The molecule has 0 unspecified atom stereocenters. The molecule has 0 radical (unpaired) electrons. The topological polar surface area (TPSA) is 20.2 Å². The van der Waals surface area contributed by atoms with Gasteiger partial charge < -0.3 is 12.5 Å². The van der Waals surface area contributed by atoms with Crippen LogP contribution in [0.2, 0.25) is 0 Å². The molecule has 0 heterocycles. The van der Waals surface area contributed by atoms with E-state index >= 15 is 0 Å². The first kappa shape index (κ1) is 26.5. The Bertz CT molecular complexity index is 403. The van der Waals surface area contributed by atoms with Crippen LogP contribution in [-0.4, -0.2) is 5.11 Å². The van der Waals surface area contributed by atoms with Crippen LogP contribution in [0.1, 0.15) is 7.43 Å². The van der Waals surface area contributed by atoms with Gasteiger partial charge in [-0.3, -0.25) is 0 Å². The predicted molar refractivity (Wildman–Crippen MR) is 83.0 cm³/mol. The van der Waals surface area contributed by atoms with E-state index in [-0.39, 0.29) is 72.0 Å². The molecule has 0 aliphatic heterocycles. The number of hydrogen-bond acceptors (Lipinski definition) is 1. The van der Waals surface area contributed by atoms with Gasteiger partial charge in [0.15, 0.2) is 0 Å². The van der Waals surface area contributed by atoms with E-state index in [1.165, 1.54) is 24.3 Å². The third-order valence-corrected chi connectivity index (χ3v) is 2.59. The summed E-state index contributed by atoms with van der Waals surface area (Å²) in [6.45, 7) is 0. The van der Waals surface area contributed by atoms with Crippen LogP contribution in [0.15, 0.2) is 45.3 Å². The van der Waals surface area contributed by atoms with Gasteiger partial charge in [0.05, 0.1) is 0 Å². The zero-order valence-electron chi connectivity index (χ0n) is 10.8. The fraction of sp³-hybridized carbons (Fsp3) is 0.0714.